The minimum absolute atomic E-state index is 0.0575. The molecule has 0 saturated heterocycles. The zero-order valence-corrected chi connectivity index (χ0v) is 28.7. The van der Waals surface area contributed by atoms with Gasteiger partial charge in [-0.3, -0.25) is 14.4 Å². The number of hydrogen-bond acceptors (Lipinski definition) is 8. The predicted molar refractivity (Wildman–Crippen MR) is 175 cm³/mol. The molecular formula is C32H61BrN2O9. The van der Waals surface area contributed by atoms with Crippen LogP contribution in [0.1, 0.15) is 103 Å². The number of halogens is 1. The molecule has 2 amide bonds. The van der Waals surface area contributed by atoms with Gasteiger partial charge in [-0.15, -0.1) is 0 Å². The van der Waals surface area contributed by atoms with Gasteiger partial charge in [-0.1, -0.05) is 93.0 Å². The van der Waals surface area contributed by atoms with Crippen molar-refractivity contribution in [3.05, 3.63) is 0 Å². The highest BCUT2D eigenvalue weighted by Crippen LogP contribution is 2.13. The van der Waals surface area contributed by atoms with Crippen LogP contribution in [0.3, 0.4) is 0 Å². The van der Waals surface area contributed by atoms with Crippen molar-refractivity contribution in [3.63, 3.8) is 0 Å². The number of alkyl halides is 1. The van der Waals surface area contributed by atoms with Gasteiger partial charge in [0.1, 0.15) is 0 Å². The number of aliphatic carboxylic acids is 1. The normalized spacial score (nSPS) is 11.1. The van der Waals surface area contributed by atoms with Gasteiger partial charge in [0.05, 0.1) is 71.4 Å². The van der Waals surface area contributed by atoms with Crippen molar-refractivity contribution >= 4 is 33.7 Å². The number of carboxylic acids is 1. The summed E-state index contributed by atoms with van der Waals surface area (Å²) in [4.78, 5) is 33.4. The molecule has 0 aromatic heterocycles. The molecule has 3 N–H and O–H groups in total. The van der Waals surface area contributed by atoms with Gasteiger partial charge in [-0.2, -0.15) is 0 Å². The van der Waals surface area contributed by atoms with Crippen molar-refractivity contribution in [2.75, 3.05) is 84.5 Å². The summed E-state index contributed by atoms with van der Waals surface area (Å²) in [6.07, 6.45) is 17.4. The molecule has 0 atom stereocenters. The maximum absolute atomic E-state index is 11.9. The molecule has 0 spiro atoms. The summed E-state index contributed by atoms with van der Waals surface area (Å²) < 4.78 is 27.2. The molecule has 0 rings (SSSR count). The van der Waals surface area contributed by atoms with Crippen LogP contribution >= 0.6 is 15.9 Å². The quantitative estimate of drug-likeness (QED) is 0.0608. The van der Waals surface area contributed by atoms with E-state index in [9.17, 15) is 14.4 Å². The van der Waals surface area contributed by atoms with Gasteiger partial charge in [0.15, 0.2) is 0 Å². The SMILES string of the molecule is O=C(O)CCCCCCCCCCCCCCCCC(=O)NCCOCCOCCOCCOCCOCCNC(=O)CBr. The number of ether oxygens (including phenoxy) is 5. The number of nitrogens with one attached hydrogen (secondary N) is 2. The molecule has 0 heterocycles. The van der Waals surface area contributed by atoms with Gasteiger partial charge in [0, 0.05) is 25.9 Å². The highest BCUT2D eigenvalue weighted by molar-refractivity contribution is 9.09. The van der Waals surface area contributed by atoms with E-state index < -0.39 is 5.97 Å². The number of hydrogen-bond donors (Lipinski definition) is 3. The lowest BCUT2D eigenvalue weighted by molar-refractivity contribution is -0.137. The minimum Gasteiger partial charge on any atom is -0.481 e. The molecule has 0 unspecified atom stereocenters. The maximum atomic E-state index is 11.9. The molecule has 260 valence electrons. The van der Waals surface area contributed by atoms with Crippen LogP contribution in [0.5, 0.6) is 0 Å². The molecular weight excluding hydrogens is 636 g/mol. The second-order valence-electron chi connectivity index (χ2n) is 10.7. The van der Waals surface area contributed by atoms with E-state index in [0.29, 0.717) is 97.3 Å². The highest BCUT2D eigenvalue weighted by Gasteiger charge is 2.02. The van der Waals surface area contributed by atoms with E-state index in [2.05, 4.69) is 26.6 Å². The third-order valence-electron chi connectivity index (χ3n) is 6.79. The summed E-state index contributed by atoms with van der Waals surface area (Å²) in [7, 11) is 0. The average Bonchev–Trinajstić information content (AvgIpc) is 3.01. The van der Waals surface area contributed by atoms with Crippen molar-refractivity contribution < 1.29 is 43.2 Å². The van der Waals surface area contributed by atoms with E-state index in [1.165, 1.54) is 57.8 Å². The van der Waals surface area contributed by atoms with Crippen LogP contribution in [0, 0.1) is 0 Å². The number of carbonyl (C=O) groups excluding carboxylic acids is 2. The van der Waals surface area contributed by atoms with Crippen LogP contribution in [0.25, 0.3) is 0 Å². The van der Waals surface area contributed by atoms with Gasteiger partial charge >= 0.3 is 5.97 Å². The van der Waals surface area contributed by atoms with Gasteiger partial charge in [0.2, 0.25) is 11.8 Å². The molecule has 0 aliphatic heterocycles. The highest BCUT2D eigenvalue weighted by atomic mass is 79.9. The average molecular weight is 698 g/mol. The van der Waals surface area contributed by atoms with E-state index in [1.807, 2.05) is 0 Å². The summed E-state index contributed by atoms with van der Waals surface area (Å²) in [5.41, 5.74) is 0. The standard InChI is InChI=1S/C32H61BrN2O9/c33-29-31(37)35-18-20-41-22-24-43-26-28-44-27-25-42-23-21-40-19-17-34-30(36)15-13-11-9-7-5-3-1-2-4-6-8-10-12-14-16-32(38)39/h1-29H2,(H,34,36)(H,35,37)(H,38,39). The van der Waals surface area contributed by atoms with E-state index in [-0.39, 0.29) is 11.8 Å². The Kier molecular flexibility index (Phi) is 35.1. The third-order valence-corrected chi connectivity index (χ3v) is 7.30. The maximum Gasteiger partial charge on any atom is 0.303 e. The Labute approximate surface area is 274 Å². The topological polar surface area (TPSA) is 142 Å². The predicted octanol–water partition coefficient (Wildman–Crippen LogP) is 5.02. The molecule has 0 saturated carbocycles. The van der Waals surface area contributed by atoms with Crippen molar-refractivity contribution in [1.82, 2.24) is 10.6 Å². The molecule has 0 bridgehead atoms. The summed E-state index contributed by atoms with van der Waals surface area (Å²) in [6.45, 7) is 5.82. The summed E-state index contributed by atoms with van der Waals surface area (Å²) in [5, 5.41) is 14.5. The molecule has 11 nitrogen and oxygen atoms in total. The number of rotatable bonds is 36. The second-order valence-corrected chi connectivity index (χ2v) is 11.3. The molecule has 0 aliphatic carbocycles. The first-order valence-corrected chi connectivity index (χ1v) is 17.9. The zero-order valence-electron chi connectivity index (χ0n) is 27.1. The fourth-order valence-electron chi connectivity index (χ4n) is 4.33. The Morgan fingerprint density at radius 3 is 1.07 bits per heavy atom. The van der Waals surface area contributed by atoms with E-state index in [4.69, 9.17) is 28.8 Å². The largest absolute Gasteiger partial charge is 0.481 e. The smallest absolute Gasteiger partial charge is 0.303 e. The van der Waals surface area contributed by atoms with Gasteiger partial charge in [-0.05, 0) is 12.8 Å². The first kappa shape index (κ1) is 42.7. The van der Waals surface area contributed by atoms with Crippen LogP contribution < -0.4 is 10.6 Å². The lowest BCUT2D eigenvalue weighted by Crippen LogP contribution is -2.28. The number of amides is 2. The third kappa shape index (κ3) is 36.9. The zero-order chi connectivity index (χ0) is 32.2. The van der Waals surface area contributed by atoms with Gasteiger partial charge in [-0.25, -0.2) is 0 Å². The fourth-order valence-corrected chi connectivity index (χ4v) is 4.52. The molecule has 0 aliphatic rings. The second kappa shape index (κ2) is 36.2. The molecule has 44 heavy (non-hydrogen) atoms. The Hall–Kier alpha value is -1.31. The van der Waals surface area contributed by atoms with Crippen molar-refractivity contribution in [2.45, 2.75) is 103 Å². The van der Waals surface area contributed by atoms with Crippen molar-refractivity contribution in [3.8, 4) is 0 Å². The van der Waals surface area contributed by atoms with Crippen LogP contribution in [0.15, 0.2) is 0 Å². The summed E-state index contributed by atoms with van der Waals surface area (Å²) in [6, 6.07) is 0. The lowest BCUT2D eigenvalue weighted by Gasteiger charge is -2.08. The Balaban J connectivity index is 3.17. The number of carbonyl (C=O) groups is 3. The molecule has 0 aromatic rings. The van der Waals surface area contributed by atoms with Gasteiger partial charge in [0.25, 0.3) is 0 Å². The van der Waals surface area contributed by atoms with Crippen LogP contribution in [-0.4, -0.2) is 107 Å². The summed E-state index contributed by atoms with van der Waals surface area (Å²) in [5.74, 6) is -0.647. The molecule has 12 heteroatoms. The van der Waals surface area contributed by atoms with Crippen molar-refractivity contribution in [1.29, 1.82) is 0 Å². The fraction of sp³-hybridized carbons (Fsp3) is 0.906. The molecule has 0 aromatic carbocycles. The van der Waals surface area contributed by atoms with Crippen LogP contribution in [0.2, 0.25) is 0 Å². The Morgan fingerprint density at radius 2 is 0.727 bits per heavy atom. The molecule has 0 fully saturated rings. The van der Waals surface area contributed by atoms with Gasteiger partial charge < -0.3 is 39.4 Å². The summed E-state index contributed by atoms with van der Waals surface area (Å²) >= 11 is 3.08. The first-order valence-electron chi connectivity index (χ1n) is 16.8. The van der Waals surface area contributed by atoms with E-state index in [0.717, 1.165) is 32.1 Å². The van der Waals surface area contributed by atoms with Crippen molar-refractivity contribution in [2.24, 2.45) is 0 Å². The van der Waals surface area contributed by atoms with E-state index >= 15 is 0 Å². The first-order chi connectivity index (χ1) is 21.6. The number of unbranched alkanes of at least 4 members (excludes halogenated alkanes) is 13. The Bertz CT molecular complexity index is 659. The van der Waals surface area contributed by atoms with Crippen LogP contribution in [0.4, 0.5) is 0 Å². The molecule has 0 radical (unpaired) electrons. The van der Waals surface area contributed by atoms with E-state index in [1.54, 1.807) is 0 Å². The Morgan fingerprint density at radius 1 is 0.432 bits per heavy atom. The monoisotopic (exact) mass is 696 g/mol. The lowest BCUT2D eigenvalue weighted by atomic mass is 10.0. The number of carboxylic acid groups (broad SMARTS) is 1. The van der Waals surface area contributed by atoms with Crippen LogP contribution in [-0.2, 0) is 38.1 Å². The minimum atomic E-state index is -0.684.